The lowest BCUT2D eigenvalue weighted by Crippen LogP contribution is -2.70. The molecule has 0 amide bonds. The van der Waals surface area contributed by atoms with Crippen LogP contribution >= 0.6 is 23.8 Å². The van der Waals surface area contributed by atoms with Crippen LogP contribution in [0.1, 0.15) is 38.5 Å². The van der Waals surface area contributed by atoms with Gasteiger partial charge in [-0.05, 0) is 62.7 Å². The van der Waals surface area contributed by atoms with Gasteiger partial charge in [-0.25, -0.2) is 0 Å². The fraction of sp³-hybridized carbons (Fsp3) is 1.00. The molecule has 4 unspecified atom stereocenters. The minimum atomic E-state index is -0.0108. The predicted octanol–water partition coefficient (Wildman–Crippen LogP) is 1.50. The molecule has 1 aliphatic carbocycles. The van der Waals surface area contributed by atoms with Crippen molar-refractivity contribution in [3.8, 4) is 0 Å². The molecule has 2 aliphatic heterocycles. The Labute approximate surface area is 149 Å². The lowest BCUT2D eigenvalue weighted by Gasteiger charge is -2.42. The highest BCUT2D eigenvalue weighted by molar-refractivity contribution is 7.99. The summed E-state index contributed by atoms with van der Waals surface area (Å²) < 4.78 is 5.49. The molecule has 0 aromatic heterocycles. The highest BCUT2D eigenvalue weighted by Crippen LogP contribution is 2.33. The molecule has 0 bridgehead atoms. The third-order valence-corrected chi connectivity index (χ3v) is 7.59. The standard InChI is InChI=1S/C16H32N4OS2/c1-22-12-6-4-11(5-7-12)14-10-18-15(17)16(20-14)19-9-13-3-2-8-21-23-13/h11-16,18-20H,2-10,17H2,1H3. The lowest BCUT2D eigenvalue weighted by molar-refractivity contribution is 0.169. The van der Waals surface area contributed by atoms with Crippen LogP contribution in [0.4, 0.5) is 0 Å². The molecule has 3 fully saturated rings. The average Bonchev–Trinajstić information content (AvgIpc) is 2.62. The Kier molecular flexibility index (Phi) is 7.37. The maximum Gasteiger partial charge on any atom is 0.0867 e. The summed E-state index contributed by atoms with van der Waals surface area (Å²) in [5.74, 6) is 0.787. The minimum Gasteiger partial charge on any atom is -0.315 e. The molecule has 23 heavy (non-hydrogen) atoms. The third kappa shape index (κ3) is 5.23. The SMILES string of the molecule is CSC1CCC(C2CNC(N)C(NCC3CCCOS3)N2)CC1. The monoisotopic (exact) mass is 360 g/mol. The summed E-state index contributed by atoms with van der Waals surface area (Å²) in [6.45, 7) is 2.85. The van der Waals surface area contributed by atoms with E-state index in [0.29, 0.717) is 11.3 Å². The normalized spacial score (nSPS) is 42.5. The van der Waals surface area contributed by atoms with Crippen molar-refractivity contribution in [1.29, 1.82) is 0 Å². The van der Waals surface area contributed by atoms with Gasteiger partial charge in [0.2, 0.25) is 0 Å². The average molecular weight is 361 g/mol. The lowest BCUT2D eigenvalue weighted by atomic mass is 9.82. The van der Waals surface area contributed by atoms with E-state index in [-0.39, 0.29) is 12.3 Å². The molecule has 4 atom stereocenters. The Bertz CT molecular complexity index is 349. The zero-order valence-electron chi connectivity index (χ0n) is 14.1. The Morgan fingerprint density at radius 3 is 2.78 bits per heavy atom. The van der Waals surface area contributed by atoms with Gasteiger partial charge < -0.3 is 9.92 Å². The first-order chi connectivity index (χ1) is 11.3. The van der Waals surface area contributed by atoms with Gasteiger partial charge in [-0.2, -0.15) is 11.8 Å². The van der Waals surface area contributed by atoms with E-state index in [1.54, 1.807) is 12.0 Å². The number of hydrogen-bond acceptors (Lipinski definition) is 7. The molecular formula is C16H32N4OS2. The maximum absolute atomic E-state index is 6.25. The minimum absolute atomic E-state index is 0.0108. The van der Waals surface area contributed by atoms with Gasteiger partial charge in [0.25, 0.3) is 0 Å². The fourth-order valence-corrected chi connectivity index (χ4v) is 5.52. The van der Waals surface area contributed by atoms with E-state index in [9.17, 15) is 0 Å². The molecule has 5 nitrogen and oxygen atoms in total. The molecule has 3 rings (SSSR count). The second-order valence-electron chi connectivity index (χ2n) is 7.05. The first-order valence-electron chi connectivity index (χ1n) is 9.05. The van der Waals surface area contributed by atoms with Crippen LogP contribution in [0.2, 0.25) is 0 Å². The van der Waals surface area contributed by atoms with Crippen molar-refractivity contribution >= 4 is 23.8 Å². The van der Waals surface area contributed by atoms with Crippen LogP contribution in [0.5, 0.6) is 0 Å². The van der Waals surface area contributed by atoms with Gasteiger partial charge in [0.15, 0.2) is 0 Å². The summed E-state index contributed by atoms with van der Waals surface area (Å²) in [6.07, 6.45) is 10.2. The molecule has 2 saturated heterocycles. The van der Waals surface area contributed by atoms with Crippen LogP contribution in [0.15, 0.2) is 0 Å². The topological polar surface area (TPSA) is 71.3 Å². The molecule has 2 heterocycles. The third-order valence-electron chi connectivity index (χ3n) is 5.47. The van der Waals surface area contributed by atoms with Crippen molar-refractivity contribution < 1.29 is 4.18 Å². The van der Waals surface area contributed by atoms with E-state index in [1.807, 2.05) is 11.8 Å². The maximum atomic E-state index is 6.25. The summed E-state index contributed by atoms with van der Waals surface area (Å²) in [5.41, 5.74) is 6.25. The van der Waals surface area contributed by atoms with E-state index in [1.165, 1.54) is 38.5 Å². The van der Waals surface area contributed by atoms with Gasteiger partial charge in [0, 0.05) is 29.6 Å². The van der Waals surface area contributed by atoms with Gasteiger partial charge in [-0.1, -0.05) is 0 Å². The first-order valence-corrected chi connectivity index (χ1v) is 11.1. The van der Waals surface area contributed by atoms with Crippen molar-refractivity contribution in [3.05, 3.63) is 0 Å². The molecule has 3 aliphatic rings. The Morgan fingerprint density at radius 2 is 2.09 bits per heavy atom. The van der Waals surface area contributed by atoms with Crippen LogP contribution in [0.25, 0.3) is 0 Å². The molecule has 7 heteroatoms. The molecule has 0 spiro atoms. The Balaban J connectivity index is 1.44. The predicted molar refractivity (Wildman–Crippen MR) is 101 cm³/mol. The summed E-state index contributed by atoms with van der Waals surface area (Å²) in [4.78, 5) is 0. The summed E-state index contributed by atoms with van der Waals surface area (Å²) in [7, 11) is 0. The number of nitrogens with two attached hydrogens (primary N) is 1. The molecule has 0 aromatic carbocycles. The van der Waals surface area contributed by atoms with E-state index < -0.39 is 0 Å². The molecule has 1 saturated carbocycles. The van der Waals surface area contributed by atoms with Crippen molar-refractivity contribution in [2.75, 3.05) is 26.0 Å². The quantitative estimate of drug-likeness (QED) is 0.554. The molecule has 134 valence electrons. The van der Waals surface area contributed by atoms with Crippen LogP contribution in [0, 0.1) is 5.92 Å². The number of hydrogen-bond donors (Lipinski definition) is 4. The van der Waals surface area contributed by atoms with Crippen molar-refractivity contribution in [2.45, 2.75) is 67.4 Å². The van der Waals surface area contributed by atoms with E-state index in [4.69, 9.17) is 9.92 Å². The van der Waals surface area contributed by atoms with Gasteiger partial charge in [0.1, 0.15) is 0 Å². The summed E-state index contributed by atoms with van der Waals surface area (Å²) in [5, 5.41) is 12.3. The number of piperazine rings is 1. The zero-order valence-corrected chi connectivity index (χ0v) is 15.8. The fourth-order valence-electron chi connectivity index (χ4n) is 3.95. The number of rotatable bonds is 5. The van der Waals surface area contributed by atoms with Crippen LogP contribution in [-0.2, 0) is 4.18 Å². The Morgan fingerprint density at radius 1 is 1.26 bits per heavy atom. The molecule has 5 N–H and O–H groups in total. The van der Waals surface area contributed by atoms with Crippen LogP contribution < -0.4 is 21.7 Å². The molecular weight excluding hydrogens is 328 g/mol. The molecule has 0 radical (unpaired) electrons. The van der Waals surface area contributed by atoms with Crippen molar-refractivity contribution in [1.82, 2.24) is 16.0 Å². The zero-order chi connectivity index (χ0) is 16.1. The first kappa shape index (κ1) is 18.3. The van der Waals surface area contributed by atoms with Crippen molar-refractivity contribution in [2.24, 2.45) is 11.7 Å². The largest absolute Gasteiger partial charge is 0.315 e. The smallest absolute Gasteiger partial charge is 0.0867 e. The van der Waals surface area contributed by atoms with Crippen molar-refractivity contribution in [3.63, 3.8) is 0 Å². The second kappa shape index (κ2) is 9.27. The highest BCUT2D eigenvalue weighted by Gasteiger charge is 2.34. The number of nitrogens with one attached hydrogen (secondary N) is 3. The summed E-state index contributed by atoms with van der Waals surface area (Å²) >= 11 is 3.67. The van der Waals surface area contributed by atoms with E-state index in [2.05, 4.69) is 22.2 Å². The van der Waals surface area contributed by atoms with Gasteiger partial charge >= 0.3 is 0 Å². The van der Waals surface area contributed by atoms with Gasteiger partial charge in [-0.15, -0.1) is 0 Å². The van der Waals surface area contributed by atoms with Gasteiger partial charge in [0.05, 0.1) is 18.9 Å². The Hall–Kier alpha value is 0.500. The van der Waals surface area contributed by atoms with Gasteiger partial charge in [-0.3, -0.25) is 16.0 Å². The van der Waals surface area contributed by atoms with Crippen LogP contribution in [0.3, 0.4) is 0 Å². The van der Waals surface area contributed by atoms with Crippen LogP contribution in [-0.4, -0.2) is 54.8 Å². The van der Waals surface area contributed by atoms with E-state index >= 15 is 0 Å². The molecule has 0 aromatic rings. The number of thioether (sulfide) groups is 1. The summed E-state index contributed by atoms with van der Waals surface area (Å²) in [6, 6.07) is 0.547. The van der Waals surface area contributed by atoms with E-state index in [0.717, 1.165) is 30.9 Å². The second-order valence-corrected chi connectivity index (χ2v) is 9.28. The highest BCUT2D eigenvalue weighted by atomic mass is 32.2.